The summed E-state index contributed by atoms with van der Waals surface area (Å²) < 4.78 is 12.5. The third-order valence-electron chi connectivity index (χ3n) is 1.37. The molecule has 0 radical (unpaired) electrons. The average molecular weight is 232 g/mol. The molecule has 0 unspecified atom stereocenters. The molecule has 0 heterocycles. The first-order valence-corrected chi connectivity index (χ1v) is 7.08. The SMILES string of the molecule is CC.CSCCSc1ccc(F)cc1. The van der Waals surface area contributed by atoms with Crippen LogP contribution in [0.25, 0.3) is 0 Å². The van der Waals surface area contributed by atoms with Crippen LogP contribution in [0.2, 0.25) is 0 Å². The molecule has 80 valence electrons. The summed E-state index contributed by atoms with van der Waals surface area (Å²) in [6.45, 7) is 4.00. The molecular formula is C11H17FS2. The minimum atomic E-state index is -0.163. The lowest BCUT2D eigenvalue weighted by molar-refractivity contribution is 0.626. The minimum absolute atomic E-state index is 0.163. The zero-order valence-electron chi connectivity index (χ0n) is 8.92. The summed E-state index contributed by atoms with van der Waals surface area (Å²) in [7, 11) is 0. The topological polar surface area (TPSA) is 0 Å². The van der Waals surface area contributed by atoms with E-state index >= 15 is 0 Å². The molecule has 0 aliphatic carbocycles. The van der Waals surface area contributed by atoms with Gasteiger partial charge in [0, 0.05) is 16.4 Å². The quantitative estimate of drug-likeness (QED) is 0.560. The van der Waals surface area contributed by atoms with Crippen LogP contribution < -0.4 is 0 Å². The van der Waals surface area contributed by atoms with Crippen LogP contribution in [0.5, 0.6) is 0 Å². The van der Waals surface area contributed by atoms with Crippen molar-refractivity contribution in [1.29, 1.82) is 0 Å². The third-order valence-corrected chi connectivity index (χ3v) is 3.25. The number of hydrogen-bond donors (Lipinski definition) is 0. The van der Waals surface area contributed by atoms with Gasteiger partial charge in [0.15, 0.2) is 0 Å². The van der Waals surface area contributed by atoms with E-state index in [9.17, 15) is 4.39 Å². The van der Waals surface area contributed by atoms with Gasteiger partial charge in [0.25, 0.3) is 0 Å². The molecule has 1 rings (SSSR count). The normalized spacial score (nSPS) is 9.14. The van der Waals surface area contributed by atoms with E-state index in [4.69, 9.17) is 0 Å². The van der Waals surface area contributed by atoms with E-state index in [1.54, 1.807) is 11.8 Å². The summed E-state index contributed by atoms with van der Waals surface area (Å²) in [4.78, 5) is 1.14. The predicted octanol–water partition coefficient (Wildman–Crippen LogP) is 4.31. The van der Waals surface area contributed by atoms with Gasteiger partial charge in [-0.15, -0.1) is 11.8 Å². The second kappa shape index (κ2) is 9.41. The van der Waals surface area contributed by atoms with Gasteiger partial charge in [-0.1, -0.05) is 13.8 Å². The highest BCUT2D eigenvalue weighted by atomic mass is 32.2. The molecule has 1 aromatic carbocycles. The Morgan fingerprint density at radius 2 is 1.64 bits per heavy atom. The van der Waals surface area contributed by atoms with Crippen LogP contribution in [0.4, 0.5) is 4.39 Å². The molecule has 3 heteroatoms. The van der Waals surface area contributed by atoms with Gasteiger partial charge >= 0.3 is 0 Å². The molecule has 0 bridgehead atoms. The number of rotatable bonds is 4. The van der Waals surface area contributed by atoms with E-state index in [1.165, 1.54) is 12.1 Å². The fraction of sp³-hybridized carbons (Fsp3) is 0.455. The third kappa shape index (κ3) is 6.33. The van der Waals surface area contributed by atoms with Gasteiger partial charge in [-0.05, 0) is 30.5 Å². The molecule has 1 aromatic rings. The molecule has 0 nitrogen and oxygen atoms in total. The summed E-state index contributed by atoms with van der Waals surface area (Å²) in [6.07, 6.45) is 2.09. The maximum atomic E-state index is 12.5. The molecule has 14 heavy (non-hydrogen) atoms. The van der Waals surface area contributed by atoms with Gasteiger partial charge in [0.1, 0.15) is 5.82 Å². The lowest BCUT2D eigenvalue weighted by Crippen LogP contribution is -1.82. The molecule has 0 aliphatic rings. The van der Waals surface area contributed by atoms with Gasteiger partial charge in [-0.3, -0.25) is 0 Å². The first-order chi connectivity index (χ1) is 6.83. The Bertz CT molecular complexity index is 221. The van der Waals surface area contributed by atoms with Gasteiger partial charge < -0.3 is 0 Å². The lowest BCUT2D eigenvalue weighted by Gasteiger charge is -1.98. The summed E-state index contributed by atoms with van der Waals surface area (Å²) in [5.74, 6) is 2.07. The molecular weight excluding hydrogens is 215 g/mol. The van der Waals surface area contributed by atoms with Crippen LogP contribution in [0.15, 0.2) is 29.2 Å². The minimum Gasteiger partial charge on any atom is -0.207 e. The van der Waals surface area contributed by atoms with Crippen molar-refractivity contribution >= 4 is 23.5 Å². The van der Waals surface area contributed by atoms with Crippen molar-refractivity contribution in [1.82, 2.24) is 0 Å². The molecule has 0 aliphatic heterocycles. The highest BCUT2D eigenvalue weighted by molar-refractivity contribution is 8.02. The van der Waals surface area contributed by atoms with Crippen LogP contribution in [0.1, 0.15) is 13.8 Å². The number of halogens is 1. The van der Waals surface area contributed by atoms with Gasteiger partial charge in [-0.2, -0.15) is 11.8 Å². The van der Waals surface area contributed by atoms with E-state index in [0.717, 1.165) is 16.4 Å². The number of hydrogen-bond acceptors (Lipinski definition) is 2. The predicted molar refractivity (Wildman–Crippen MR) is 66.9 cm³/mol. The molecule has 0 aromatic heterocycles. The van der Waals surface area contributed by atoms with Crippen LogP contribution in [0, 0.1) is 5.82 Å². The Hall–Kier alpha value is -0.150. The smallest absolute Gasteiger partial charge is 0.123 e. The average Bonchev–Trinajstić information content (AvgIpc) is 2.24. The number of benzene rings is 1. The lowest BCUT2D eigenvalue weighted by atomic mass is 10.4. The standard InChI is InChI=1S/C9H11FS2.C2H6/c1-11-6-7-12-9-4-2-8(10)3-5-9;1-2/h2-5H,6-7H2,1H3;1-2H3. The molecule has 0 amide bonds. The number of thioether (sulfide) groups is 2. The Balaban J connectivity index is 0.000000791. The zero-order valence-corrected chi connectivity index (χ0v) is 10.6. The second-order valence-electron chi connectivity index (χ2n) is 2.30. The Labute approximate surface area is 94.7 Å². The van der Waals surface area contributed by atoms with Crippen molar-refractivity contribution in [2.75, 3.05) is 17.8 Å². The molecule has 0 spiro atoms. The van der Waals surface area contributed by atoms with E-state index in [1.807, 2.05) is 37.7 Å². The van der Waals surface area contributed by atoms with E-state index < -0.39 is 0 Å². The fourth-order valence-electron chi connectivity index (χ4n) is 0.774. The van der Waals surface area contributed by atoms with Crippen molar-refractivity contribution in [3.05, 3.63) is 30.1 Å². The van der Waals surface area contributed by atoms with Crippen molar-refractivity contribution in [2.45, 2.75) is 18.7 Å². The molecule has 0 saturated heterocycles. The molecule has 0 fully saturated rings. The molecule has 0 saturated carbocycles. The van der Waals surface area contributed by atoms with E-state index in [0.29, 0.717) is 0 Å². The van der Waals surface area contributed by atoms with Gasteiger partial charge in [-0.25, -0.2) is 4.39 Å². The Morgan fingerprint density at radius 3 is 2.14 bits per heavy atom. The van der Waals surface area contributed by atoms with E-state index in [2.05, 4.69) is 6.26 Å². The van der Waals surface area contributed by atoms with Crippen LogP contribution in [-0.4, -0.2) is 17.8 Å². The van der Waals surface area contributed by atoms with Crippen molar-refractivity contribution < 1.29 is 4.39 Å². The van der Waals surface area contributed by atoms with Crippen molar-refractivity contribution in [3.8, 4) is 0 Å². The monoisotopic (exact) mass is 232 g/mol. The summed E-state index contributed by atoms with van der Waals surface area (Å²) in [5, 5.41) is 0. The molecule has 0 N–H and O–H groups in total. The van der Waals surface area contributed by atoms with Gasteiger partial charge in [0.2, 0.25) is 0 Å². The van der Waals surface area contributed by atoms with Crippen molar-refractivity contribution in [2.24, 2.45) is 0 Å². The highest BCUT2D eigenvalue weighted by Crippen LogP contribution is 2.18. The fourth-order valence-corrected chi connectivity index (χ4v) is 2.34. The largest absolute Gasteiger partial charge is 0.207 e. The van der Waals surface area contributed by atoms with Crippen LogP contribution in [-0.2, 0) is 0 Å². The highest BCUT2D eigenvalue weighted by Gasteiger charge is 1.93. The van der Waals surface area contributed by atoms with Crippen LogP contribution in [0.3, 0.4) is 0 Å². The maximum absolute atomic E-state index is 12.5. The van der Waals surface area contributed by atoms with Gasteiger partial charge in [0.05, 0.1) is 0 Å². The summed E-state index contributed by atoms with van der Waals surface area (Å²) >= 11 is 3.60. The van der Waals surface area contributed by atoms with E-state index in [-0.39, 0.29) is 5.82 Å². The van der Waals surface area contributed by atoms with Crippen LogP contribution >= 0.6 is 23.5 Å². The Morgan fingerprint density at radius 1 is 1.07 bits per heavy atom. The first kappa shape index (κ1) is 13.8. The van der Waals surface area contributed by atoms with Crippen molar-refractivity contribution in [3.63, 3.8) is 0 Å². The second-order valence-corrected chi connectivity index (χ2v) is 4.45. The maximum Gasteiger partial charge on any atom is 0.123 e. The zero-order chi connectivity index (χ0) is 10.8. The first-order valence-electron chi connectivity index (χ1n) is 4.70. The Kier molecular flexibility index (Phi) is 9.31. The summed E-state index contributed by atoms with van der Waals surface area (Å²) in [6, 6.07) is 6.64. The molecule has 0 atom stereocenters. The summed E-state index contributed by atoms with van der Waals surface area (Å²) in [5.41, 5.74) is 0.